The van der Waals surface area contributed by atoms with Gasteiger partial charge in [0, 0.05) is 37.8 Å². The number of hydrogen-bond donors (Lipinski definition) is 2. The van der Waals surface area contributed by atoms with Crippen LogP contribution in [0.3, 0.4) is 0 Å². The number of carbonyl (C=O) groups is 3. The molecule has 0 fully saturated rings. The molecule has 1 heterocycles. The minimum Gasteiger partial charge on any atom is -0.396 e. The van der Waals surface area contributed by atoms with Crippen molar-refractivity contribution in [2.24, 2.45) is 11.7 Å². The van der Waals surface area contributed by atoms with Gasteiger partial charge < -0.3 is 15.7 Å². The van der Waals surface area contributed by atoms with Crippen molar-refractivity contribution in [3.05, 3.63) is 70.8 Å². The molecule has 0 radical (unpaired) electrons. The molecule has 2 unspecified atom stereocenters. The first-order valence-corrected chi connectivity index (χ1v) is 12.4. The molecule has 0 saturated carbocycles. The maximum Gasteiger partial charge on any atom is 0.261 e. The van der Waals surface area contributed by atoms with Crippen molar-refractivity contribution < 1.29 is 19.5 Å². The second-order valence-corrected chi connectivity index (χ2v) is 9.21. The molecule has 3 amide bonds. The van der Waals surface area contributed by atoms with Crippen molar-refractivity contribution in [2.75, 3.05) is 26.2 Å². The molecule has 1 aliphatic rings. The van der Waals surface area contributed by atoms with Gasteiger partial charge in [0.15, 0.2) is 0 Å². The van der Waals surface area contributed by atoms with Gasteiger partial charge in [0.05, 0.1) is 11.1 Å². The number of rotatable bonds is 10. The number of amides is 3. The standard InChI is InChI=1S/C21H31N3O4.C7H8/c1-4-8-23(9-5-2)19(26)15-6-7-17-18(11-15)21(28)24(20(17)27)12-16(22)10-14(3)13-25;1-7-5-3-2-4-6-7/h6-7,11,14,16,25H,4-5,8-10,12-13,22H2,1-3H3;2-6H,1H3. The van der Waals surface area contributed by atoms with E-state index in [-0.39, 0.29) is 36.4 Å². The van der Waals surface area contributed by atoms with Crippen LogP contribution in [0.15, 0.2) is 48.5 Å². The van der Waals surface area contributed by atoms with Crippen LogP contribution in [0.1, 0.15) is 76.7 Å². The molecule has 2 aromatic carbocycles. The lowest BCUT2D eigenvalue weighted by Crippen LogP contribution is -2.41. The number of aliphatic hydroxyl groups is 1. The van der Waals surface area contributed by atoms with Crippen LogP contribution in [0.5, 0.6) is 0 Å². The molecule has 7 nitrogen and oxygen atoms in total. The fraction of sp³-hybridized carbons (Fsp3) is 0.464. The summed E-state index contributed by atoms with van der Waals surface area (Å²) in [5, 5.41) is 9.16. The topological polar surface area (TPSA) is 104 Å². The van der Waals surface area contributed by atoms with Crippen LogP contribution in [0, 0.1) is 12.8 Å². The monoisotopic (exact) mass is 481 g/mol. The Bertz CT molecular complexity index is 987. The van der Waals surface area contributed by atoms with E-state index in [9.17, 15) is 14.4 Å². The van der Waals surface area contributed by atoms with E-state index in [0.717, 1.165) is 17.7 Å². The minimum absolute atomic E-state index is 0.00230. The van der Waals surface area contributed by atoms with Crippen molar-refractivity contribution in [3.63, 3.8) is 0 Å². The normalized spacial score (nSPS) is 14.2. The molecule has 0 bridgehead atoms. The first-order valence-electron chi connectivity index (χ1n) is 12.4. The first-order chi connectivity index (χ1) is 16.7. The summed E-state index contributed by atoms with van der Waals surface area (Å²) in [4.78, 5) is 41.1. The second-order valence-electron chi connectivity index (χ2n) is 9.21. The third kappa shape index (κ3) is 7.73. The van der Waals surface area contributed by atoms with Gasteiger partial charge in [-0.1, -0.05) is 56.7 Å². The first kappa shape index (κ1) is 28.2. The summed E-state index contributed by atoms with van der Waals surface area (Å²) in [6.07, 6.45) is 2.22. The highest BCUT2D eigenvalue weighted by Crippen LogP contribution is 2.25. The zero-order valence-electron chi connectivity index (χ0n) is 21.4. The molecule has 35 heavy (non-hydrogen) atoms. The van der Waals surface area contributed by atoms with Gasteiger partial charge in [-0.2, -0.15) is 0 Å². The van der Waals surface area contributed by atoms with E-state index >= 15 is 0 Å². The van der Waals surface area contributed by atoms with Crippen molar-refractivity contribution in [1.82, 2.24) is 9.80 Å². The molecule has 2 aromatic rings. The molecule has 7 heteroatoms. The van der Waals surface area contributed by atoms with Gasteiger partial charge >= 0.3 is 0 Å². The van der Waals surface area contributed by atoms with E-state index in [1.54, 1.807) is 17.0 Å². The van der Waals surface area contributed by atoms with E-state index in [4.69, 9.17) is 10.8 Å². The molecule has 0 aromatic heterocycles. The summed E-state index contributed by atoms with van der Waals surface area (Å²) in [5.74, 6) is -0.930. The average molecular weight is 482 g/mol. The fourth-order valence-electron chi connectivity index (χ4n) is 4.06. The van der Waals surface area contributed by atoms with Gasteiger partial charge in [0.1, 0.15) is 0 Å². The molecular weight excluding hydrogens is 442 g/mol. The zero-order valence-corrected chi connectivity index (χ0v) is 21.4. The summed E-state index contributed by atoms with van der Waals surface area (Å²) < 4.78 is 0. The predicted molar refractivity (Wildman–Crippen MR) is 138 cm³/mol. The lowest BCUT2D eigenvalue weighted by Gasteiger charge is -2.21. The molecular formula is C28H39N3O4. The van der Waals surface area contributed by atoms with Gasteiger partial charge in [-0.3, -0.25) is 19.3 Å². The molecule has 190 valence electrons. The highest BCUT2D eigenvalue weighted by molar-refractivity contribution is 6.22. The van der Waals surface area contributed by atoms with Crippen molar-refractivity contribution >= 4 is 17.7 Å². The fourth-order valence-corrected chi connectivity index (χ4v) is 4.06. The third-order valence-corrected chi connectivity index (χ3v) is 5.87. The second kappa shape index (κ2) is 13.8. The van der Waals surface area contributed by atoms with Crippen LogP contribution < -0.4 is 5.73 Å². The number of nitrogens with zero attached hydrogens (tertiary/aromatic N) is 2. The van der Waals surface area contributed by atoms with Crippen molar-refractivity contribution in [1.29, 1.82) is 0 Å². The van der Waals surface area contributed by atoms with Crippen LogP contribution in [-0.2, 0) is 0 Å². The van der Waals surface area contributed by atoms with Crippen LogP contribution in [0.25, 0.3) is 0 Å². The summed E-state index contributed by atoms with van der Waals surface area (Å²) in [6, 6.07) is 14.5. The Kier molecular flexibility index (Phi) is 11.1. The molecule has 0 spiro atoms. The van der Waals surface area contributed by atoms with Gasteiger partial charge in [0.2, 0.25) is 0 Å². The molecule has 3 N–H and O–H groups in total. The zero-order chi connectivity index (χ0) is 26.0. The van der Waals surface area contributed by atoms with Crippen molar-refractivity contribution in [3.8, 4) is 0 Å². The molecule has 1 aliphatic heterocycles. The van der Waals surface area contributed by atoms with E-state index in [1.165, 1.54) is 11.6 Å². The minimum atomic E-state index is -0.417. The maximum atomic E-state index is 12.8. The number of aliphatic hydroxyl groups excluding tert-OH is 1. The highest BCUT2D eigenvalue weighted by atomic mass is 16.3. The molecule has 0 saturated heterocycles. The lowest BCUT2D eigenvalue weighted by atomic mass is 10.0. The summed E-state index contributed by atoms with van der Waals surface area (Å²) >= 11 is 0. The quantitative estimate of drug-likeness (QED) is 0.501. The number of carbonyl (C=O) groups excluding carboxylic acids is 3. The Morgan fingerprint density at radius 1 is 1.00 bits per heavy atom. The summed E-state index contributed by atoms with van der Waals surface area (Å²) in [7, 11) is 0. The maximum absolute atomic E-state index is 12.8. The largest absolute Gasteiger partial charge is 0.396 e. The Morgan fingerprint density at radius 3 is 2.11 bits per heavy atom. The lowest BCUT2D eigenvalue weighted by molar-refractivity contribution is 0.0638. The number of benzene rings is 2. The van der Waals surface area contributed by atoms with Crippen LogP contribution in [-0.4, -0.2) is 64.9 Å². The van der Waals surface area contributed by atoms with E-state index in [1.807, 2.05) is 39.0 Å². The Hall–Kier alpha value is -3.03. The van der Waals surface area contributed by atoms with E-state index < -0.39 is 11.9 Å². The molecule has 0 aliphatic carbocycles. The van der Waals surface area contributed by atoms with Crippen LogP contribution in [0.2, 0.25) is 0 Å². The number of imide groups is 1. The van der Waals surface area contributed by atoms with Crippen LogP contribution >= 0.6 is 0 Å². The number of hydrogen-bond acceptors (Lipinski definition) is 5. The van der Waals surface area contributed by atoms with Crippen LogP contribution in [0.4, 0.5) is 0 Å². The van der Waals surface area contributed by atoms with Gasteiger partial charge in [-0.15, -0.1) is 0 Å². The average Bonchev–Trinajstić information content (AvgIpc) is 3.08. The third-order valence-electron chi connectivity index (χ3n) is 5.87. The van der Waals surface area contributed by atoms with Crippen molar-refractivity contribution in [2.45, 2.75) is 53.0 Å². The molecule has 3 rings (SSSR count). The number of aryl methyl sites for hydroxylation is 1. The number of fused-ring (bicyclic) bond motifs is 1. The van der Waals surface area contributed by atoms with E-state index in [0.29, 0.717) is 30.6 Å². The Labute approximate surface area is 208 Å². The Balaban J connectivity index is 0.000000527. The van der Waals surface area contributed by atoms with Gasteiger partial charge in [0.25, 0.3) is 17.7 Å². The SMILES string of the molecule is CCCN(CCC)C(=O)c1ccc2c(c1)C(=O)N(CC(N)CC(C)CO)C2=O.Cc1ccccc1. The smallest absolute Gasteiger partial charge is 0.261 e. The molecule has 2 atom stereocenters. The summed E-state index contributed by atoms with van der Waals surface area (Å²) in [5.41, 5.74) is 8.36. The number of nitrogens with two attached hydrogens (primary N) is 1. The highest BCUT2D eigenvalue weighted by Gasteiger charge is 2.37. The van der Waals surface area contributed by atoms with Gasteiger partial charge in [-0.05, 0) is 50.3 Å². The Morgan fingerprint density at radius 2 is 1.60 bits per heavy atom. The summed E-state index contributed by atoms with van der Waals surface area (Å²) in [6.45, 7) is 9.38. The van der Waals surface area contributed by atoms with Gasteiger partial charge in [-0.25, -0.2) is 0 Å². The predicted octanol–water partition coefficient (Wildman–Crippen LogP) is 3.89. The van der Waals surface area contributed by atoms with E-state index in [2.05, 4.69) is 19.1 Å².